The Morgan fingerprint density at radius 3 is 1.09 bits per heavy atom. The van der Waals surface area contributed by atoms with Crippen molar-refractivity contribution in [2.24, 2.45) is 0 Å². The minimum atomic E-state index is -4.76. The van der Waals surface area contributed by atoms with Crippen molar-refractivity contribution in [2.75, 3.05) is 26.4 Å². The zero-order valence-electron chi connectivity index (χ0n) is 46.8. The van der Waals surface area contributed by atoms with E-state index in [0.29, 0.717) is 19.3 Å². The van der Waals surface area contributed by atoms with E-state index in [4.69, 9.17) is 23.3 Å². The van der Waals surface area contributed by atoms with Crippen LogP contribution in [0.25, 0.3) is 0 Å². The van der Waals surface area contributed by atoms with E-state index in [1.165, 1.54) is 38.5 Å². The zero-order valence-corrected chi connectivity index (χ0v) is 47.7. The van der Waals surface area contributed by atoms with Gasteiger partial charge in [-0.05, 0) is 116 Å². The summed E-state index contributed by atoms with van der Waals surface area (Å²) in [7, 11) is -4.76. The number of allylic oxidation sites excluding steroid dienone is 16. The lowest BCUT2D eigenvalue weighted by Crippen LogP contribution is -2.30. The summed E-state index contributed by atoms with van der Waals surface area (Å²) in [5.74, 6) is -1.53. The summed E-state index contributed by atoms with van der Waals surface area (Å²) in [5, 5.41) is 9.82. The molecule has 0 bridgehead atoms. The number of carbonyl (C=O) groups is 3. The Hall–Kier alpha value is -3.60. The monoisotopic (exact) mass is 1060 g/mol. The van der Waals surface area contributed by atoms with Crippen molar-refractivity contribution in [1.29, 1.82) is 0 Å². The molecule has 0 aromatic carbocycles. The van der Waals surface area contributed by atoms with E-state index in [-0.39, 0.29) is 25.9 Å². The molecule has 3 unspecified atom stereocenters. The molecule has 12 heteroatoms. The second-order valence-electron chi connectivity index (χ2n) is 19.0. The normalized spacial score (nSPS) is 14.1. The lowest BCUT2D eigenvalue weighted by atomic mass is 10.1. The molecular weight excluding hydrogens is 952 g/mol. The van der Waals surface area contributed by atoms with Crippen molar-refractivity contribution in [3.05, 3.63) is 97.2 Å². The van der Waals surface area contributed by atoms with Crippen LogP contribution in [0.3, 0.4) is 0 Å². The molecule has 0 radical (unpaired) electrons. The van der Waals surface area contributed by atoms with Crippen LogP contribution in [0.4, 0.5) is 0 Å². The van der Waals surface area contributed by atoms with Crippen molar-refractivity contribution < 1.29 is 52.2 Å². The molecule has 3 atom stereocenters. The minimum Gasteiger partial charge on any atom is -0.462 e. The number of ether oxygens (including phenoxy) is 3. The molecule has 11 nitrogen and oxygen atoms in total. The van der Waals surface area contributed by atoms with Crippen LogP contribution in [0.2, 0.25) is 0 Å². The molecule has 0 fully saturated rings. The number of carbonyl (C=O) groups excluding carboxylic acids is 3. The molecular formula is C62H105O11P. The number of hydrogen-bond donors (Lipinski definition) is 2. The first-order valence-electron chi connectivity index (χ1n) is 29.1. The van der Waals surface area contributed by atoms with E-state index in [9.17, 15) is 28.9 Å². The molecule has 0 amide bonds. The lowest BCUT2D eigenvalue weighted by Gasteiger charge is -2.21. The molecule has 74 heavy (non-hydrogen) atoms. The highest BCUT2D eigenvalue weighted by atomic mass is 31.2. The number of rotatable bonds is 53. The molecule has 0 saturated carbocycles. The van der Waals surface area contributed by atoms with E-state index in [1.807, 2.05) is 0 Å². The van der Waals surface area contributed by atoms with Crippen LogP contribution in [-0.2, 0) is 42.2 Å². The van der Waals surface area contributed by atoms with Gasteiger partial charge in [-0.3, -0.25) is 23.4 Å². The van der Waals surface area contributed by atoms with E-state index >= 15 is 0 Å². The van der Waals surface area contributed by atoms with Crippen molar-refractivity contribution in [1.82, 2.24) is 0 Å². The molecule has 424 valence electrons. The number of unbranched alkanes of at least 4 members (excludes halogenated alkanes) is 20. The number of aliphatic hydroxyl groups is 1. The second kappa shape index (κ2) is 55.6. The number of hydrogen-bond acceptors (Lipinski definition) is 10. The molecule has 0 heterocycles. The van der Waals surface area contributed by atoms with Crippen LogP contribution in [0.15, 0.2) is 97.2 Å². The van der Waals surface area contributed by atoms with E-state index < -0.39 is 57.8 Å². The fraction of sp³-hybridized carbons (Fsp3) is 0.694. The Labute approximate surface area is 451 Å². The van der Waals surface area contributed by atoms with Crippen molar-refractivity contribution in [2.45, 2.75) is 251 Å². The first kappa shape index (κ1) is 70.4. The maximum Gasteiger partial charge on any atom is 0.472 e. The highest BCUT2D eigenvalue weighted by Crippen LogP contribution is 2.43. The second-order valence-corrected chi connectivity index (χ2v) is 20.5. The third-order valence-electron chi connectivity index (χ3n) is 12.0. The summed E-state index contributed by atoms with van der Waals surface area (Å²) in [6.45, 7) is 4.36. The van der Waals surface area contributed by atoms with Crippen LogP contribution in [-0.4, -0.2) is 66.5 Å². The first-order chi connectivity index (χ1) is 36.2. The maximum absolute atomic E-state index is 12.9. The molecule has 0 spiro atoms. The van der Waals surface area contributed by atoms with Gasteiger partial charge in [0.2, 0.25) is 0 Å². The number of esters is 3. The van der Waals surface area contributed by atoms with Gasteiger partial charge < -0.3 is 24.2 Å². The van der Waals surface area contributed by atoms with E-state index in [2.05, 4.69) is 118 Å². The summed E-state index contributed by atoms with van der Waals surface area (Å²) >= 11 is 0. The van der Waals surface area contributed by atoms with Gasteiger partial charge in [0.15, 0.2) is 6.10 Å². The molecule has 0 aliphatic carbocycles. The Kier molecular flexibility index (Phi) is 52.9. The molecule has 2 N–H and O–H groups in total. The van der Waals surface area contributed by atoms with E-state index in [1.54, 1.807) is 0 Å². The van der Waals surface area contributed by atoms with Crippen molar-refractivity contribution in [3.8, 4) is 0 Å². The Balaban J connectivity index is 4.79. The van der Waals surface area contributed by atoms with Gasteiger partial charge in [0, 0.05) is 19.3 Å². The maximum atomic E-state index is 12.9. The van der Waals surface area contributed by atoms with Gasteiger partial charge in [0.25, 0.3) is 0 Å². The minimum absolute atomic E-state index is 0.138. The quantitative estimate of drug-likeness (QED) is 0.0197. The SMILES string of the molecule is CC/C=C\C/C=C\C/C=C\C/C=C\CCCCCCC(=O)OCC(COP(=O)(O)OCC(CO)OC(=O)CCCCCCC/C=C\CCCCCCCC)OC(=O)CCCCCCC/C=C\C/C=C\C/C=C\CC. The van der Waals surface area contributed by atoms with Gasteiger partial charge in [-0.1, -0.05) is 201 Å². The van der Waals surface area contributed by atoms with Gasteiger partial charge in [0.1, 0.15) is 12.7 Å². The Morgan fingerprint density at radius 1 is 0.392 bits per heavy atom. The predicted octanol–water partition coefficient (Wildman–Crippen LogP) is 17.3. The van der Waals surface area contributed by atoms with Crippen molar-refractivity contribution >= 4 is 25.7 Å². The summed E-state index contributed by atoms with van der Waals surface area (Å²) < 4.78 is 39.5. The molecule has 0 aliphatic heterocycles. The van der Waals surface area contributed by atoms with Gasteiger partial charge >= 0.3 is 25.7 Å². The summed E-state index contributed by atoms with van der Waals surface area (Å²) in [5.41, 5.74) is 0. The highest BCUT2D eigenvalue weighted by molar-refractivity contribution is 7.47. The van der Waals surface area contributed by atoms with Crippen LogP contribution >= 0.6 is 7.82 Å². The predicted molar refractivity (Wildman–Crippen MR) is 307 cm³/mol. The topological polar surface area (TPSA) is 155 Å². The first-order valence-corrected chi connectivity index (χ1v) is 30.6. The molecule has 0 aromatic heterocycles. The summed E-state index contributed by atoms with van der Waals surface area (Å²) in [4.78, 5) is 48.6. The number of phosphoric acid groups is 1. The standard InChI is InChI=1S/C62H105O11P/c1-4-7-10-13-16-19-22-25-28-29-32-33-36-39-42-45-48-51-60(64)69-55-59(73-62(66)53-50-47-44-41-38-35-31-27-24-21-18-15-12-9-6-3)57-71-74(67,68)70-56-58(54-63)72-61(65)52-49-46-43-40-37-34-30-26-23-20-17-14-11-8-5-2/h7,9-10,12,16,18-19,21,25-28,30-33,58-59,63H,4-6,8,11,13-15,17,20,22-24,29,34-57H2,1-3H3,(H,67,68)/b10-7-,12-9-,19-16-,21-18-,28-25-,30-26-,31-27-,33-32-. The molecule has 0 aromatic rings. The van der Waals surface area contributed by atoms with Crippen LogP contribution in [0.5, 0.6) is 0 Å². The average molecular weight is 1060 g/mol. The van der Waals surface area contributed by atoms with Crippen LogP contribution in [0.1, 0.15) is 239 Å². The van der Waals surface area contributed by atoms with E-state index in [0.717, 1.165) is 141 Å². The van der Waals surface area contributed by atoms with Crippen LogP contribution in [0, 0.1) is 0 Å². The van der Waals surface area contributed by atoms with Crippen LogP contribution < -0.4 is 0 Å². The Morgan fingerprint density at radius 2 is 0.703 bits per heavy atom. The third-order valence-corrected chi connectivity index (χ3v) is 12.9. The summed E-state index contributed by atoms with van der Waals surface area (Å²) in [6, 6.07) is 0. The Bertz CT molecular complexity index is 1610. The fourth-order valence-corrected chi connectivity index (χ4v) is 8.37. The number of phosphoric ester groups is 1. The van der Waals surface area contributed by atoms with Gasteiger partial charge in [-0.15, -0.1) is 0 Å². The van der Waals surface area contributed by atoms with Gasteiger partial charge in [-0.25, -0.2) is 4.57 Å². The largest absolute Gasteiger partial charge is 0.472 e. The number of aliphatic hydroxyl groups excluding tert-OH is 1. The smallest absolute Gasteiger partial charge is 0.462 e. The lowest BCUT2D eigenvalue weighted by molar-refractivity contribution is -0.161. The molecule has 0 aliphatic rings. The average Bonchev–Trinajstić information content (AvgIpc) is 3.39. The van der Waals surface area contributed by atoms with Gasteiger partial charge in [0.05, 0.1) is 19.8 Å². The highest BCUT2D eigenvalue weighted by Gasteiger charge is 2.28. The molecule has 0 saturated heterocycles. The van der Waals surface area contributed by atoms with Crippen molar-refractivity contribution in [3.63, 3.8) is 0 Å². The zero-order chi connectivity index (χ0) is 54.1. The molecule has 0 rings (SSSR count). The van der Waals surface area contributed by atoms with Gasteiger partial charge in [-0.2, -0.15) is 0 Å². The summed E-state index contributed by atoms with van der Waals surface area (Å²) in [6.07, 6.45) is 65.0. The fourth-order valence-electron chi connectivity index (χ4n) is 7.59. The third kappa shape index (κ3) is 53.2.